The highest BCUT2D eigenvalue weighted by atomic mass is 35.5. The van der Waals surface area contributed by atoms with Crippen LogP contribution in [0.3, 0.4) is 0 Å². The van der Waals surface area contributed by atoms with E-state index >= 15 is 0 Å². The largest absolute Gasteiger partial charge is 0.497 e. The summed E-state index contributed by atoms with van der Waals surface area (Å²) in [5.41, 5.74) is 3.16. The second-order valence-electron chi connectivity index (χ2n) is 9.69. The Morgan fingerprint density at radius 3 is 2.33 bits per heavy atom. The summed E-state index contributed by atoms with van der Waals surface area (Å²) in [5, 5.41) is 3.36. The molecule has 4 aromatic rings. The summed E-state index contributed by atoms with van der Waals surface area (Å²) in [5.74, 6) is -0.318. The second-order valence-corrected chi connectivity index (χ2v) is 12.5. The fourth-order valence-electron chi connectivity index (χ4n) is 4.77. The molecule has 3 aromatic carbocycles. The van der Waals surface area contributed by atoms with Crippen LogP contribution in [0.15, 0.2) is 83.8 Å². The zero-order chi connectivity index (χ0) is 29.7. The molecule has 1 amide bonds. The highest BCUT2D eigenvalue weighted by molar-refractivity contribution is 7.92. The van der Waals surface area contributed by atoms with E-state index in [1.54, 1.807) is 19.1 Å². The molecule has 43 heavy (non-hydrogen) atoms. The average Bonchev–Trinajstić information content (AvgIpc) is 3.35. The van der Waals surface area contributed by atoms with E-state index in [1.807, 2.05) is 18.2 Å². The summed E-state index contributed by atoms with van der Waals surface area (Å²) >= 11 is 1.39. The fraction of sp³-hybridized carbons (Fsp3) is 0.226. The van der Waals surface area contributed by atoms with Crippen molar-refractivity contribution in [3.8, 4) is 5.75 Å². The van der Waals surface area contributed by atoms with Gasteiger partial charge in [-0.15, -0.1) is 23.7 Å². The zero-order valence-electron chi connectivity index (χ0n) is 23.7. The molecule has 0 saturated carbocycles. The van der Waals surface area contributed by atoms with Gasteiger partial charge in [0.05, 0.1) is 24.2 Å². The number of rotatable bonds is 10. The van der Waals surface area contributed by atoms with Gasteiger partial charge in [-0.25, -0.2) is 13.2 Å². The fourth-order valence-corrected chi connectivity index (χ4v) is 7.11. The van der Waals surface area contributed by atoms with Crippen LogP contribution in [-0.2, 0) is 34.3 Å². The number of halogens is 1. The third-order valence-electron chi connectivity index (χ3n) is 6.86. The van der Waals surface area contributed by atoms with Crippen LogP contribution in [-0.4, -0.2) is 45.5 Å². The van der Waals surface area contributed by atoms with Gasteiger partial charge in [0.25, 0.3) is 15.9 Å². The molecule has 0 aliphatic carbocycles. The van der Waals surface area contributed by atoms with E-state index in [0.29, 0.717) is 40.5 Å². The average molecular weight is 642 g/mol. The molecular formula is C31H32ClN3O6S2. The number of anilines is 2. The maximum Gasteiger partial charge on any atom is 0.341 e. The van der Waals surface area contributed by atoms with Crippen molar-refractivity contribution < 1.29 is 27.5 Å². The highest BCUT2D eigenvalue weighted by Crippen LogP contribution is 2.38. The zero-order valence-corrected chi connectivity index (χ0v) is 26.1. The number of benzene rings is 3. The Morgan fingerprint density at radius 1 is 0.977 bits per heavy atom. The first kappa shape index (κ1) is 32.0. The van der Waals surface area contributed by atoms with Gasteiger partial charge in [0, 0.05) is 35.8 Å². The molecule has 0 atom stereocenters. The van der Waals surface area contributed by atoms with Crippen molar-refractivity contribution in [1.29, 1.82) is 0 Å². The lowest BCUT2D eigenvalue weighted by Gasteiger charge is -2.27. The number of hydrogen-bond donors (Lipinski definition) is 2. The van der Waals surface area contributed by atoms with Gasteiger partial charge in [-0.3, -0.25) is 14.4 Å². The Kier molecular flexibility index (Phi) is 10.5. The summed E-state index contributed by atoms with van der Waals surface area (Å²) in [6, 6.07) is 22.3. The SMILES string of the molecule is CCOC(=O)c1c(NC(=O)c2ccc(NS(=O)(=O)c3ccc(OC)cc3)cc2)sc2c1CCN(Cc1ccccc1)C2.Cl. The van der Waals surface area contributed by atoms with Crippen LogP contribution in [0.4, 0.5) is 10.7 Å². The van der Waals surface area contributed by atoms with Crippen molar-refractivity contribution in [2.24, 2.45) is 0 Å². The van der Waals surface area contributed by atoms with Crippen LogP contribution in [0.5, 0.6) is 5.75 Å². The smallest absolute Gasteiger partial charge is 0.341 e. The van der Waals surface area contributed by atoms with Gasteiger partial charge in [-0.1, -0.05) is 30.3 Å². The van der Waals surface area contributed by atoms with Crippen molar-refractivity contribution in [3.05, 3.63) is 106 Å². The lowest BCUT2D eigenvalue weighted by molar-refractivity contribution is 0.0526. The summed E-state index contributed by atoms with van der Waals surface area (Å²) in [6.45, 7) is 4.22. The van der Waals surface area contributed by atoms with E-state index in [1.165, 1.54) is 60.4 Å². The van der Waals surface area contributed by atoms with Gasteiger partial charge in [0.1, 0.15) is 10.8 Å². The number of hydrogen-bond acceptors (Lipinski definition) is 8. The van der Waals surface area contributed by atoms with Gasteiger partial charge in [-0.05, 0) is 73.0 Å². The molecule has 0 spiro atoms. The number of sulfonamides is 1. The first-order chi connectivity index (χ1) is 20.3. The van der Waals surface area contributed by atoms with E-state index in [2.05, 4.69) is 27.1 Å². The number of carbonyl (C=O) groups is 2. The Morgan fingerprint density at radius 2 is 1.67 bits per heavy atom. The lowest BCUT2D eigenvalue weighted by Crippen LogP contribution is -2.29. The summed E-state index contributed by atoms with van der Waals surface area (Å²) < 4.78 is 38.5. The van der Waals surface area contributed by atoms with Crippen LogP contribution in [0.25, 0.3) is 0 Å². The number of ether oxygens (including phenoxy) is 2. The van der Waals surface area contributed by atoms with Crippen molar-refractivity contribution in [2.75, 3.05) is 30.3 Å². The Bertz CT molecular complexity index is 1680. The molecule has 5 rings (SSSR count). The highest BCUT2D eigenvalue weighted by Gasteiger charge is 2.30. The molecule has 1 aliphatic heterocycles. The third-order valence-corrected chi connectivity index (χ3v) is 9.39. The van der Waals surface area contributed by atoms with E-state index in [0.717, 1.165) is 23.5 Å². The number of methoxy groups -OCH3 is 1. The molecule has 2 N–H and O–H groups in total. The normalized spacial score (nSPS) is 12.9. The minimum atomic E-state index is -3.83. The second kappa shape index (κ2) is 14.0. The Labute approximate surface area is 261 Å². The van der Waals surface area contributed by atoms with Crippen LogP contribution >= 0.6 is 23.7 Å². The van der Waals surface area contributed by atoms with Gasteiger partial charge in [-0.2, -0.15) is 0 Å². The molecule has 0 unspecified atom stereocenters. The number of carbonyl (C=O) groups excluding carboxylic acids is 2. The van der Waals surface area contributed by atoms with Gasteiger partial charge in [0.2, 0.25) is 0 Å². The molecule has 1 aliphatic rings. The van der Waals surface area contributed by atoms with Gasteiger partial charge >= 0.3 is 5.97 Å². The molecular weight excluding hydrogens is 610 g/mol. The molecule has 0 fully saturated rings. The first-order valence-corrected chi connectivity index (χ1v) is 15.7. The standard InChI is InChI=1S/C31H31N3O6S2.ClH/c1-3-40-31(36)28-26-17-18-34(19-21-7-5-4-6-8-21)20-27(26)41-30(28)32-29(35)22-9-11-23(12-10-22)33-42(37,38)25-15-13-24(39-2)14-16-25;/h4-16,33H,3,17-20H2,1-2H3,(H,32,35);1H. The number of fused-ring (bicyclic) bond motifs is 1. The Balaban J connectivity index is 0.00000423. The lowest BCUT2D eigenvalue weighted by atomic mass is 10.0. The molecule has 9 nitrogen and oxygen atoms in total. The quantitative estimate of drug-likeness (QED) is 0.205. The monoisotopic (exact) mass is 641 g/mol. The molecule has 2 heterocycles. The van der Waals surface area contributed by atoms with E-state index in [-0.39, 0.29) is 23.9 Å². The molecule has 0 radical (unpaired) electrons. The number of nitrogens with one attached hydrogen (secondary N) is 2. The molecule has 12 heteroatoms. The molecule has 226 valence electrons. The molecule has 0 bridgehead atoms. The van der Waals surface area contributed by atoms with Gasteiger partial charge < -0.3 is 14.8 Å². The Hall–Kier alpha value is -3.90. The minimum absolute atomic E-state index is 0. The van der Waals surface area contributed by atoms with E-state index < -0.39 is 21.9 Å². The molecule has 1 aromatic heterocycles. The van der Waals surface area contributed by atoms with Gasteiger partial charge in [0.15, 0.2) is 0 Å². The first-order valence-electron chi connectivity index (χ1n) is 13.4. The van der Waals surface area contributed by atoms with Crippen molar-refractivity contribution >= 4 is 56.3 Å². The van der Waals surface area contributed by atoms with Crippen LogP contribution in [0.2, 0.25) is 0 Å². The third kappa shape index (κ3) is 7.55. The predicted octanol–water partition coefficient (Wildman–Crippen LogP) is 5.97. The van der Waals surface area contributed by atoms with Crippen LogP contribution in [0, 0.1) is 0 Å². The van der Waals surface area contributed by atoms with Crippen molar-refractivity contribution in [2.45, 2.75) is 31.3 Å². The predicted molar refractivity (Wildman–Crippen MR) is 170 cm³/mol. The van der Waals surface area contributed by atoms with Crippen molar-refractivity contribution in [1.82, 2.24) is 4.90 Å². The number of nitrogens with zero attached hydrogens (tertiary/aromatic N) is 1. The topological polar surface area (TPSA) is 114 Å². The van der Waals surface area contributed by atoms with Crippen LogP contribution in [0.1, 0.15) is 43.6 Å². The summed E-state index contributed by atoms with van der Waals surface area (Å²) in [6.07, 6.45) is 0.672. The minimum Gasteiger partial charge on any atom is -0.497 e. The number of amides is 1. The number of esters is 1. The maximum atomic E-state index is 13.2. The summed E-state index contributed by atoms with van der Waals surface area (Å²) in [4.78, 5) is 29.6. The maximum absolute atomic E-state index is 13.2. The molecule has 0 saturated heterocycles. The number of thiophene rings is 1. The van der Waals surface area contributed by atoms with E-state index in [9.17, 15) is 18.0 Å². The van der Waals surface area contributed by atoms with E-state index in [4.69, 9.17) is 9.47 Å². The van der Waals surface area contributed by atoms with Crippen LogP contribution < -0.4 is 14.8 Å². The summed E-state index contributed by atoms with van der Waals surface area (Å²) in [7, 11) is -2.32. The van der Waals surface area contributed by atoms with Crippen molar-refractivity contribution in [3.63, 3.8) is 0 Å².